The van der Waals surface area contributed by atoms with E-state index < -0.39 is 0 Å². The second-order valence-electron chi connectivity index (χ2n) is 7.00. The minimum absolute atomic E-state index is 0.639. The number of rotatable bonds is 6. The third-order valence-electron chi connectivity index (χ3n) is 5.17. The van der Waals surface area contributed by atoms with Gasteiger partial charge in [0.15, 0.2) is 0 Å². The number of hydrogen-bond donors (Lipinski definition) is 2. The third kappa shape index (κ3) is 3.35. The summed E-state index contributed by atoms with van der Waals surface area (Å²) in [7, 11) is 1.68. The Morgan fingerprint density at radius 3 is 2.48 bits per heavy atom. The van der Waals surface area contributed by atoms with Crippen LogP contribution in [-0.2, 0) is 6.42 Å². The van der Waals surface area contributed by atoms with Crippen molar-refractivity contribution in [2.24, 2.45) is 0 Å². The molecule has 0 saturated carbocycles. The van der Waals surface area contributed by atoms with Crippen LogP contribution in [0.15, 0.2) is 48.5 Å². The molecule has 2 aromatic carbocycles. The van der Waals surface area contributed by atoms with E-state index in [0.717, 1.165) is 40.7 Å². The molecule has 0 amide bonds. The van der Waals surface area contributed by atoms with Gasteiger partial charge in [0.1, 0.15) is 17.2 Å². The summed E-state index contributed by atoms with van der Waals surface area (Å²) in [4.78, 5) is 8.02. The molecule has 0 fully saturated rings. The zero-order valence-electron chi connectivity index (χ0n) is 15.9. The summed E-state index contributed by atoms with van der Waals surface area (Å²) in [5, 5.41) is 2.32. The van der Waals surface area contributed by atoms with Crippen LogP contribution in [0.3, 0.4) is 0 Å². The molecule has 0 aliphatic rings. The van der Waals surface area contributed by atoms with Crippen LogP contribution >= 0.6 is 0 Å². The molecular weight excluding hydrogens is 334 g/mol. The number of nitrogens with two attached hydrogens (primary N) is 1. The Kier molecular flexibility index (Phi) is 4.71. The first-order valence-electron chi connectivity index (χ1n) is 9.55. The number of anilines is 1. The molecule has 4 rings (SSSR count). The van der Waals surface area contributed by atoms with Crippen molar-refractivity contribution in [3.63, 3.8) is 0 Å². The van der Waals surface area contributed by atoms with Crippen molar-refractivity contribution in [1.82, 2.24) is 9.97 Å². The van der Waals surface area contributed by atoms with Gasteiger partial charge in [-0.1, -0.05) is 38.0 Å². The molecular formula is C23H25N3O. The number of nitrogen functional groups attached to an aromatic ring is 1. The first kappa shape index (κ1) is 17.4. The summed E-state index contributed by atoms with van der Waals surface area (Å²) < 4.78 is 5.26. The van der Waals surface area contributed by atoms with Crippen molar-refractivity contribution < 1.29 is 4.74 Å². The number of fused-ring (bicyclic) bond motifs is 3. The lowest BCUT2D eigenvalue weighted by Crippen LogP contribution is -1.98. The molecule has 0 spiro atoms. The molecule has 0 aliphatic carbocycles. The topological polar surface area (TPSA) is 63.9 Å². The van der Waals surface area contributed by atoms with Crippen LogP contribution in [-0.4, -0.2) is 17.1 Å². The van der Waals surface area contributed by atoms with E-state index in [1.54, 1.807) is 7.11 Å². The third-order valence-corrected chi connectivity index (χ3v) is 5.17. The van der Waals surface area contributed by atoms with Crippen LogP contribution < -0.4 is 10.5 Å². The Morgan fingerprint density at radius 2 is 1.74 bits per heavy atom. The van der Waals surface area contributed by atoms with E-state index in [4.69, 9.17) is 10.5 Å². The van der Waals surface area contributed by atoms with Crippen molar-refractivity contribution in [2.75, 3.05) is 12.8 Å². The monoisotopic (exact) mass is 359 g/mol. The fourth-order valence-electron chi connectivity index (χ4n) is 3.60. The van der Waals surface area contributed by atoms with Crippen molar-refractivity contribution >= 4 is 27.8 Å². The van der Waals surface area contributed by atoms with E-state index in [1.165, 1.54) is 29.4 Å². The first-order valence-corrected chi connectivity index (χ1v) is 9.55. The molecule has 0 aliphatic heterocycles. The van der Waals surface area contributed by atoms with Crippen LogP contribution in [0.5, 0.6) is 5.75 Å². The van der Waals surface area contributed by atoms with Gasteiger partial charge in [-0.3, -0.25) is 0 Å². The molecule has 0 bridgehead atoms. The van der Waals surface area contributed by atoms with Gasteiger partial charge in [0, 0.05) is 16.3 Å². The highest BCUT2D eigenvalue weighted by Crippen LogP contribution is 2.32. The van der Waals surface area contributed by atoms with E-state index in [1.807, 2.05) is 12.1 Å². The molecule has 0 saturated heterocycles. The number of aryl methyl sites for hydroxylation is 1. The fraction of sp³-hybridized carbons (Fsp3) is 0.261. The van der Waals surface area contributed by atoms with E-state index in [9.17, 15) is 0 Å². The zero-order valence-corrected chi connectivity index (χ0v) is 15.9. The van der Waals surface area contributed by atoms with Gasteiger partial charge in [-0.15, -0.1) is 0 Å². The molecule has 4 aromatic rings. The Balaban J connectivity index is 1.78. The minimum atomic E-state index is 0.639. The summed E-state index contributed by atoms with van der Waals surface area (Å²) >= 11 is 0. The van der Waals surface area contributed by atoms with Crippen molar-refractivity contribution in [2.45, 2.75) is 32.6 Å². The lowest BCUT2D eigenvalue weighted by molar-refractivity contribution is 0.415. The van der Waals surface area contributed by atoms with Crippen LogP contribution in [0.1, 0.15) is 31.7 Å². The summed E-state index contributed by atoms with van der Waals surface area (Å²) in [5.74, 6) is 1.50. The highest BCUT2D eigenvalue weighted by Gasteiger charge is 2.11. The van der Waals surface area contributed by atoms with Gasteiger partial charge in [0.25, 0.3) is 0 Å². The smallest absolute Gasteiger partial charge is 0.140 e. The number of benzene rings is 2. The van der Waals surface area contributed by atoms with Crippen molar-refractivity contribution in [3.8, 4) is 16.9 Å². The Labute approximate surface area is 159 Å². The van der Waals surface area contributed by atoms with Crippen LogP contribution in [0.2, 0.25) is 0 Å². The van der Waals surface area contributed by atoms with Crippen LogP contribution in [0.25, 0.3) is 33.1 Å². The number of nitrogens with one attached hydrogen (secondary N) is 1. The summed E-state index contributed by atoms with van der Waals surface area (Å²) in [6.07, 6.45) is 4.54. The van der Waals surface area contributed by atoms with Gasteiger partial charge in [-0.05, 0) is 59.9 Å². The molecule has 0 unspecified atom stereocenters. The van der Waals surface area contributed by atoms with E-state index in [-0.39, 0.29) is 0 Å². The molecule has 4 heteroatoms. The van der Waals surface area contributed by atoms with E-state index in [0.29, 0.717) is 5.82 Å². The maximum atomic E-state index is 6.20. The quantitative estimate of drug-likeness (QED) is 0.434. The lowest BCUT2D eigenvalue weighted by Gasteiger charge is -2.06. The molecule has 2 aromatic heterocycles. The number of methoxy groups -OCH3 is 1. The van der Waals surface area contributed by atoms with E-state index in [2.05, 4.69) is 53.3 Å². The average molecular weight is 359 g/mol. The predicted octanol–water partition coefficient (Wildman–Crippen LogP) is 5.71. The summed E-state index contributed by atoms with van der Waals surface area (Å²) in [6, 6.07) is 16.8. The first-order chi connectivity index (χ1) is 13.2. The maximum Gasteiger partial charge on any atom is 0.140 e. The number of H-pyrrole nitrogens is 1. The predicted molar refractivity (Wildman–Crippen MR) is 113 cm³/mol. The van der Waals surface area contributed by atoms with Crippen LogP contribution in [0.4, 0.5) is 5.82 Å². The summed E-state index contributed by atoms with van der Waals surface area (Å²) in [6.45, 7) is 2.21. The van der Waals surface area contributed by atoms with Gasteiger partial charge < -0.3 is 15.5 Å². The molecule has 3 N–H and O–H groups in total. The second-order valence-corrected chi connectivity index (χ2v) is 7.00. The number of ether oxygens (including phenoxy) is 1. The maximum absolute atomic E-state index is 6.20. The summed E-state index contributed by atoms with van der Waals surface area (Å²) in [5.41, 5.74) is 11.6. The van der Waals surface area contributed by atoms with E-state index >= 15 is 0 Å². The fourth-order valence-corrected chi connectivity index (χ4v) is 3.60. The Hall–Kier alpha value is -3.01. The average Bonchev–Trinajstić information content (AvgIpc) is 3.04. The van der Waals surface area contributed by atoms with Gasteiger partial charge >= 0.3 is 0 Å². The van der Waals surface area contributed by atoms with Gasteiger partial charge in [0.05, 0.1) is 7.11 Å². The highest BCUT2D eigenvalue weighted by atomic mass is 16.5. The highest BCUT2D eigenvalue weighted by molar-refractivity contribution is 6.07. The molecule has 0 radical (unpaired) electrons. The van der Waals surface area contributed by atoms with Crippen molar-refractivity contribution in [1.29, 1.82) is 0 Å². The number of aromatic amines is 1. The lowest BCUT2D eigenvalue weighted by atomic mass is 10.0. The number of pyridine rings is 1. The largest absolute Gasteiger partial charge is 0.497 e. The minimum Gasteiger partial charge on any atom is -0.497 e. The van der Waals surface area contributed by atoms with Crippen LogP contribution in [0, 0.1) is 0 Å². The SMILES string of the molecule is CCCCCc1cc2c(nc1N)[nH]c1ccc(-c3ccc(OC)cc3)cc12. The van der Waals surface area contributed by atoms with Gasteiger partial charge in [-0.2, -0.15) is 0 Å². The standard InChI is InChI=1S/C23H25N3O/c1-3-4-5-6-17-14-20-19-13-16(15-7-10-18(27-2)11-8-15)9-12-21(19)25-23(20)26-22(17)24/h7-14H,3-6H2,1-2H3,(H3,24,25,26). The number of aromatic nitrogens is 2. The van der Waals surface area contributed by atoms with Gasteiger partial charge in [0.2, 0.25) is 0 Å². The zero-order chi connectivity index (χ0) is 18.8. The van der Waals surface area contributed by atoms with Crippen molar-refractivity contribution in [3.05, 3.63) is 54.1 Å². The Morgan fingerprint density at radius 1 is 0.963 bits per heavy atom. The molecule has 0 atom stereocenters. The number of nitrogens with zero attached hydrogens (tertiary/aromatic N) is 1. The normalized spacial score (nSPS) is 11.3. The molecule has 4 nitrogen and oxygen atoms in total. The molecule has 2 heterocycles. The number of hydrogen-bond acceptors (Lipinski definition) is 3. The Bertz CT molecular complexity index is 1080. The van der Waals surface area contributed by atoms with Gasteiger partial charge in [-0.25, -0.2) is 4.98 Å². The molecule has 27 heavy (non-hydrogen) atoms. The second kappa shape index (κ2) is 7.31. The number of unbranched alkanes of at least 4 members (excludes halogenated alkanes) is 2. The molecule has 138 valence electrons.